The van der Waals surface area contributed by atoms with Crippen molar-refractivity contribution in [1.29, 1.82) is 0 Å². The van der Waals surface area contributed by atoms with Crippen molar-refractivity contribution < 1.29 is 0 Å². The maximum absolute atomic E-state index is 4.13. The number of rotatable bonds is 4. The Morgan fingerprint density at radius 1 is 0.783 bits per heavy atom. The Kier molecular flexibility index (Phi) is 4.53. The molecule has 3 aromatic rings. The van der Waals surface area contributed by atoms with Crippen LogP contribution in [0.4, 0.5) is 5.69 Å². The normalized spacial score (nSPS) is 11.3. The highest BCUT2D eigenvalue weighted by atomic mass is 15.1. The lowest BCUT2D eigenvalue weighted by Crippen LogP contribution is -2.07. The van der Waals surface area contributed by atoms with Gasteiger partial charge in [0.15, 0.2) is 0 Å². The summed E-state index contributed by atoms with van der Waals surface area (Å²) >= 11 is 0. The minimum Gasteiger partial charge on any atom is -0.378 e. The molecule has 0 fully saturated rings. The molecule has 0 bridgehead atoms. The third-order valence-electron chi connectivity index (χ3n) is 3.80. The molecule has 0 aliphatic carbocycles. The first-order valence-electron chi connectivity index (χ1n) is 7.69. The fourth-order valence-electron chi connectivity index (χ4n) is 2.52. The van der Waals surface area contributed by atoms with Gasteiger partial charge in [-0.2, -0.15) is 0 Å². The molecular formula is C21H20N2. The second-order valence-corrected chi connectivity index (χ2v) is 5.65. The Labute approximate surface area is 137 Å². The van der Waals surface area contributed by atoms with Crippen molar-refractivity contribution in [2.75, 3.05) is 19.0 Å². The van der Waals surface area contributed by atoms with Crippen LogP contribution < -0.4 is 4.90 Å². The lowest BCUT2D eigenvalue weighted by Gasteiger charge is -2.13. The molecule has 0 atom stereocenters. The van der Waals surface area contributed by atoms with E-state index in [1.54, 1.807) is 0 Å². The molecule has 0 aliphatic rings. The third-order valence-corrected chi connectivity index (χ3v) is 3.80. The van der Waals surface area contributed by atoms with E-state index in [1.165, 1.54) is 28.0 Å². The van der Waals surface area contributed by atoms with Gasteiger partial charge < -0.3 is 4.90 Å². The number of aromatic nitrogens is 1. The predicted octanol–water partition coefficient (Wildman–Crippen LogP) is 4.74. The van der Waals surface area contributed by atoms with E-state index < -0.39 is 0 Å². The van der Waals surface area contributed by atoms with E-state index in [4.69, 9.17) is 0 Å². The van der Waals surface area contributed by atoms with Gasteiger partial charge in [0.1, 0.15) is 0 Å². The SMILES string of the molecule is CN(C)c1ccc(/C=C(/c2ccccc2)c2ccncc2)cc1. The fourth-order valence-corrected chi connectivity index (χ4v) is 2.52. The molecule has 0 saturated heterocycles. The lowest BCUT2D eigenvalue weighted by atomic mass is 9.96. The molecule has 0 radical (unpaired) electrons. The molecule has 0 aliphatic heterocycles. The molecule has 3 rings (SSSR count). The summed E-state index contributed by atoms with van der Waals surface area (Å²) in [6.45, 7) is 0. The minimum atomic E-state index is 1.17. The van der Waals surface area contributed by atoms with Gasteiger partial charge in [-0.1, -0.05) is 42.5 Å². The van der Waals surface area contributed by atoms with E-state index >= 15 is 0 Å². The zero-order valence-electron chi connectivity index (χ0n) is 13.5. The van der Waals surface area contributed by atoms with Crippen LogP contribution in [0.15, 0.2) is 79.1 Å². The minimum absolute atomic E-state index is 1.17. The summed E-state index contributed by atoms with van der Waals surface area (Å²) in [5, 5.41) is 0. The standard InChI is InChI=1S/C21H20N2/c1-23(2)20-10-8-17(9-11-20)16-21(18-6-4-3-5-7-18)19-12-14-22-15-13-19/h3-16H,1-2H3/b21-16-. The van der Waals surface area contributed by atoms with Crippen LogP contribution in [0.25, 0.3) is 11.6 Å². The Hall–Kier alpha value is -2.87. The molecule has 0 saturated carbocycles. The Bertz CT molecular complexity index is 732. The highest BCUT2D eigenvalue weighted by molar-refractivity contribution is 5.91. The smallest absolute Gasteiger partial charge is 0.0361 e. The molecule has 0 spiro atoms. The van der Waals surface area contributed by atoms with Crippen molar-refractivity contribution in [3.8, 4) is 0 Å². The van der Waals surface area contributed by atoms with Crippen LogP contribution in [0.5, 0.6) is 0 Å². The van der Waals surface area contributed by atoms with Crippen LogP contribution in [0.2, 0.25) is 0 Å². The maximum atomic E-state index is 4.13. The van der Waals surface area contributed by atoms with E-state index in [0.717, 1.165) is 0 Å². The average molecular weight is 300 g/mol. The Morgan fingerprint density at radius 2 is 1.39 bits per heavy atom. The summed E-state index contributed by atoms with van der Waals surface area (Å²) in [6.07, 6.45) is 5.90. The van der Waals surface area contributed by atoms with Crippen molar-refractivity contribution in [3.05, 3.63) is 95.8 Å². The number of benzene rings is 2. The van der Waals surface area contributed by atoms with Gasteiger partial charge >= 0.3 is 0 Å². The van der Waals surface area contributed by atoms with Crippen LogP contribution >= 0.6 is 0 Å². The predicted molar refractivity (Wildman–Crippen MR) is 98.4 cm³/mol. The monoisotopic (exact) mass is 300 g/mol. The second-order valence-electron chi connectivity index (χ2n) is 5.65. The molecule has 2 aromatic carbocycles. The van der Waals surface area contributed by atoms with E-state index in [-0.39, 0.29) is 0 Å². The summed E-state index contributed by atoms with van der Waals surface area (Å²) in [5.74, 6) is 0. The van der Waals surface area contributed by atoms with Gasteiger partial charge in [-0.05, 0) is 52.6 Å². The molecule has 114 valence electrons. The second kappa shape index (κ2) is 6.93. The molecule has 0 unspecified atom stereocenters. The van der Waals surface area contributed by atoms with Gasteiger partial charge in [-0.15, -0.1) is 0 Å². The zero-order chi connectivity index (χ0) is 16.1. The first-order valence-corrected chi connectivity index (χ1v) is 7.69. The van der Waals surface area contributed by atoms with Gasteiger partial charge in [0.25, 0.3) is 0 Å². The van der Waals surface area contributed by atoms with Crippen molar-refractivity contribution >= 4 is 17.3 Å². The zero-order valence-corrected chi connectivity index (χ0v) is 13.5. The summed E-state index contributed by atoms with van der Waals surface area (Å²) in [6, 6.07) is 23.1. The molecule has 23 heavy (non-hydrogen) atoms. The molecule has 1 heterocycles. The topological polar surface area (TPSA) is 16.1 Å². The fraction of sp³-hybridized carbons (Fsp3) is 0.0952. The largest absolute Gasteiger partial charge is 0.378 e. The molecule has 2 heteroatoms. The molecule has 0 N–H and O–H groups in total. The quantitative estimate of drug-likeness (QED) is 0.647. The van der Waals surface area contributed by atoms with Gasteiger partial charge in [-0.25, -0.2) is 0 Å². The van der Waals surface area contributed by atoms with Crippen molar-refractivity contribution in [3.63, 3.8) is 0 Å². The number of pyridine rings is 1. The Morgan fingerprint density at radius 3 is 2.00 bits per heavy atom. The number of hydrogen-bond acceptors (Lipinski definition) is 2. The molecule has 1 aromatic heterocycles. The lowest BCUT2D eigenvalue weighted by molar-refractivity contribution is 1.13. The molecule has 0 amide bonds. The van der Waals surface area contributed by atoms with Crippen LogP contribution in [0, 0.1) is 0 Å². The van der Waals surface area contributed by atoms with E-state index in [0.29, 0.717) is 0 Å². The number of nitrogens with zero attached hydrogens (tertiary/aromatic N) is 2. The third kappa shape index (κ3) is 3.67. The number of anilines is 1. The Balaban J connectivity index is 2.05. The summed E-state index contributed by atoms with van der Waals surface area (Å²) in [5.41, 5.74) is 5.96. The van der Waals surface area contributed by atoms with Crippen LogP contribution in [-0.4, -0.2) is 19.1 Å². The summed E-state index contributed by atoms with van der Waals surface area (Å²) in [7, 11) is 4.11. The first kappa shape index (κ1) is 15.0. The molecule has 2 nitrogen and oxygen atoms in total. The van der Waals surface area contributed by atoms with Crippen molar-refractivity contribution in [2.45, 2.75) is 0 Å². The van der Waals surface area contributed by atoms with E-state index in [2.05, 4.69) is 78.6 Å². The average Bonchev–Trinajstić information content (AvgIpc) is 2.61. The summed E-state index contributed by atoms with van der Waals surface area (Å²) in [4.78, 5) is 6.23. The van der Waals surface area contributed by atoms with Gasteiger partial charge in [0.2, 0.25) is 0 Å². The van der Waals surface area contributed by atoms with Crippen LogP contribution in [-0.2, 0) is 0 Å². The molecular weight excluding hydrogens is 280 g/mol. The maximum Gasteiger partial charge on any atom is 0.0361 e. The van der Waals surface area contributed by atoms with Crippen molar-refractivity contribution in [2.24, 2.45) is 0 Å². The van der Waals surface area contributed by atoms with Crippen LogP contribution in [0.3, 0.4) is 0 Å². The van der Waals surface area contributed by atoms with Crippen LogP contribution in [0.1, 0.15) is 16.7 Å². The first-order chi connectivity index (χ1) is 11.2. The highest BCUT2D eigenvalue weighted by Gasteiger charge is 2.05. The highest BCUT2D eigenvalue weighted by Crippen LogP contribution is 2.26. The van der Waals surface area contributed by atoms with E-state index in [1.807, 2.05) is 30.6 Å². The van der Waals surface area contributed by atoms with Crippen molar-refractivity contribution in [1.82, 2.24) is 4.98 Å². The van der Waals surface area contributed by atoms with Gasteiger partial charge in [0.05, 0.1) is 0 Å². The van der Waals surface area contributed by atoms with Gasteiger partial charge in [0, 0.05) is 32.2 Å². The number of hydrogen-bond donors (Lipinski definition) is 0. The van der Waals surface area contributed by atoms with Gasteiger partial charge in [-0.3, -0.25) is 4.98 Å². The van der Waals surface area contributed by atoms with E-state index in [9.17, 15) is 0 Å². The summed E-state index contributed by atoms with van der Waals surface area (Å²) < 4.78 is 0.